The van der Waals surface area contributed by atoms with Gasteiger partial charge in [-0.05, 0) is 37.8 Å². The van der Waals surface area contributed by atoms with Crippen molar-refractivity contribution in [2.45, 2.75) is 44.4 Å². The van der Waals surface area contributed by atoms with Crippen molar-refractivity contribution in [3.8, 4) is 0 Å². The molecule has 2 fully saturated rings. The first-order valence-corrected chi connectivity index (χ1v) is 8.60. The summed E-state index contributed by atoms with van der Waals surface area (Å²) in [4.78, 5) is 16.8. The number of piperidine rings is 1. The van der Waals surface area contributed by atoms with Crippen molar-refractivity contribution >= 4 is 6.09 Å². The number of ether oxygens (including phenoxy) is 1. The molecule has 0 spiro atoms. The van der Waals surface area contributed by atoms with E-state index in [1.807, 2.05) is 35.2 Å². The number of hydrogen-bond donors (Lipinski definition) is 1. The molecule has 2 aliphatic rings. The van der Waals surface area contributed by atoms with Crippen LogP contribution in [0, 0.1) is 0 Å². The quantitative estimate of drug-likeness (QED) is 0.874. The molecule has 1 aliphatic heterocycles. The Morgan fingerprint density at radius 2 is 2.00 bits per heavy atom. The van der Waals surface area contributed by atoms with E-state index < -0.39 is 0 Å². The molecule has 23 heavy (non-hydrogen) atoms. The van der Waals surface area contributed by atoms with Gasteiger partial charge in [-0.3, -0.25) is 4.90 Å². The second kappa shape index (κ2) is 7.79. The molecule has 1 amide bonds. The monoisotopic (exact) mass is 318 g/mol. The number of aliphatic hydroxyl groups is 1. The third kappa shape index (κ3) is 4.45. The highest BCUT2D eigenvalue weighted by Gasteiger charge is 2.39. The Kier molecular flexibility index (Phi) is 5.51. The molecule has 0 bridgehead atoms. The number of amides is 1. The van der Waals surface area contributed by atoms with Gasteiger partial charge in [0, 0.05) is 25.2 Å². The number of benzene rings is 1. The average Bonchev–Trinajstić information content (AvgIpc) is 3.40. The van der Waals surface area contributed by atoms with Gasteiger partial charge in [0.05, 0.1) is 6.61 Å². The normalized spacial score (nSPS) is 21.9. The second-order valence-electron chi connectivity index (χ2n) is 6.50. The highest BCUT2D eigenvalue weighted by Crippen LogP contribution is 2.32. The molecule has 1 aromatic carbocycles. The molecule has 1 saturated heterocycles. The largest absolute Gasteiger partial charge is 0.445 e. The topological polar surface area (TPSA) is 53.0 Å². The Morgan fingerprint density at radius 1 is 1.22 bits per heavy atom. The zero-order chi connectivity index (χ0) is 16.1. The van der Waals surface area contributed by atoms with E-state index in [1.165, 1.54) is 0 Å². The van der Waals surface area contributed by atoms with E-state index in [9.17, 15) is 4.79 Å². The molecule has 3 rings (SSSR count). The lowest BCUT2D eigenvalue weighted by molar-refractivity contribution is 0.0490. The molecule has 1 atom stereocenters. The number of β-amino-alcohol motifs (C(OH)–C–C–N with tert-alkyl or cyclic N) is 1. The number of carbonyl (C=O) groups excluding carboxylic acids is 1. The number of carbonyl (C=O) groups is 1. The molecule has 1 heterocycles. The van der Waals surface area contributed by atoms with Crippen molar-refractivity contribution in [3.05, 3.63) is 35.9 Å². The van der Waals surface area contributed by atoms with E-state index in [0.29, 0.717) is 19.2 Å². The van der Waals surface area contributed by atoms with Crippen molar-refractivity contribution in [2.24, 2.45) is 0 Å². The fourth-order valence-electron chi connectivity index (χ4n) is 3.35. The van der Waals surface area contributed by atoms with Gasteiger partial charge in [-0.1, -0.05) is 30.3 Å². The van der Waals surface area contributed by atoms with Crippen LogP contribution in [0.15, 0.2) is 30.3 Å². The minimum absolute atomic E-state index is 0.175. The van der Waals surface area contributed by atoms with E-state index in [4.69, 9.17) is 9.84 Å². The van der Waals surface area contributed by atoms with Gasteiger partial charge in [0.15, 0.2) is 0 Å². The van der Waals surface area contributed by atoms with E-state index in [0.717, 1.165) is 44.3 Å². The Bertz CT molecular complexity index is 502. The van der Waals surface area contributed by atoms with Crippen LogP contribution in [0.4, 0.5) is 4.79 Å². The van der Waals surface area contributed by atoms with Crippen molar-refractivity contribution in [2.75, 3.05) is 26.2 Å². The lowest BCUT2D eigenvalue weighted by Crippen LogP contribution is -2.51. The summed E-state index contributed by atoms with van der Waals surface area (Å²) in [6.07, 6.45) is 4.07. The van der Waals surface area contributed by atoms with Crippen LogP contribution in [0.25, 0.3) is 0 Å². The molecule has 5 heteroatoms. The number of nitrogens with zero attached hydrogens (tertiary/aromatic N) is 2. The van der Waals surface area contributed by atoms with Crippen LogP contribution in [-0.2, 0) is 11.3 Å². The number of likely N-dealkylation sites (tertiary alicyclic amines) is 1. The van der Waals surface area contributed by atoms with Crippen molar-refractivity contribution < 1.29 is 14.6 Å². The van der Waals surface area contributed by atoms with Gasteiger partial charge >= 0.3 is 6.09 Å². The van der Waals surface area contributed by atoms with Crippen LogP contribution in [0.1, 0.15) is 31.2 Å². The molecular weight excluding hydrogens is 292 g/mol. The number of hydrogen-bond acceptors (Lipinski definition) is 4. The highest BCUT2D eigenvalue weighted by atomic mass is 16.6. The van der Waals surface area contributed by atoms with Crippen LogP contribution in [0.3, 0.4) is 0 Å². The third-order valence-corrected chi connectivity index (χ3v) is 4.65. The predicted molar refractivity (Wildman–Crippen MR) is 88.0 cm³/mol. The van der Waals surface area contributed by atoms with Gasteiger partial charge in [-0.2, -0.15) is 0 Å². The van der Waals surface area contributed by atoms with Crippen molar-refractivity contribution in [3.63, 3.8) is 0 Å². The molecule has 1 saturated carbocycles. The predicted octanol–water partition coefficient (Wildman–Crippen LogP) is 2.24. The van der Waals surface area contributed by atoms with Crippen LogP contribution < -0.4 is 0 Å². The number of aliphatic hydroxyl groups excluding tert-OH is 1. The Morgan fingerprint density at radius 3 is 2.70 bits per heavy atom. The van der Waals surface area contributed by atoms with Crippen molar-refractivity contribution in [1.29, 1.82) is 0 Å². The van der Waals surface area contributed by atoms with Gasteiger partial charge in [0.25, 0.3) is 0 Å². The molecule has 126 valence electrons. The van der Waals surface area contributed by atoms with Crippen LogP contribution in [-0.4, -0.2) is 59.3 Å². The standard InChI is InChI=1S/C18H26N2O3/c21-12-11-19-10-4-7-17(13-19)20(16-8-9-16)18(22)23-14-15-5-2-1-3-6-15/h1-3,5-6,16-17,21H,4,7-14H2. The maximum atomic E-state index is 12.6. The first-order chi connectivity index (χ1) is 11.3. The van der Waals surface area contributed by atoms with E-state index in [2.05, 4.69) is 4.90 Å². The average molecular weight is 318 g/mol. The maximum absolute atomic E-state index is 12.6. The molecule has 0 aromatic heterocycles. The fraction of sp³-hybridized carbons (Fsp3) is 0.611. The Labute approximate surface area is 137 Å². The summed E-state index contributed by atoms with van der Waals surface area (Å²) in [6, 6.07) is 10.4. The fourth-order valence-corrected chi connectivity index (χ4v) is 3.35. The maximum Gasteiger partial charge on any atom is 0.410 e. The van der Waals surface area contributed by atoms with E-state index in [1.54, 1.807) is 0 Å². The molecule has 1 aromatic rings. The lowest BCUT2D eigenvalue weighted by atomic mass is 10.0. The minimum atomic E-state index is -0.188. The second-order valence-corrected chi connectivity index (χ2v) is 6.50. The Hall–Kier alpha value is -1.59. The zero-order valence-electron chi connectivity index (χ0n) is 13.6. The van der Waals surface area contributed by atoms with Gasteiger partial charge in [-0.15, -0.1) is 0 Å². The summed E-state index contributed by atoms with van der Waals surface area (Å²) in [5, 5.41) is 9.14. The van der Waals surface area contributed by atoms with Crippen molar-refractivity contribution in [1.82, 2.24) is 9.80 Å². The summed E-state index contributed by atoms with van der Waals surface area (Å²) in [6.45, 7) is 3.05. The lowest BCUT2D eigenvalue weighted by Gasteiger charge is -2.38. The van der Waals surface area contributed by atoms with Gasteiger partial charge < -0.3 is 14.7 Å². The smallest absolute Gasteiger partial charge is 0.410 e. The van der Waals surface area contributed by atoms with Gasteiger partial charge in [0.2, 0.25) is 0 Å². The SMILES string of the molecule is O=C(OCc1ccccc1)N(C1CC1)C1CCCN(CCO)C1. The zero-order valence-corrected chi connectivity index (χ0v) is 13.6. The number of rotatable bonds is 6. The molecule has 1 unspecified atom stereocenters. The van der Waals surface area contributed by atoms with Crippen LogP contribution in [0.5, 0.6) is 0 Å². The van der Waals surface area contributed by atoms with Crippen LogP contribution >= 0.6 is 0 Å². The molecule has 1 N–H and O–H groups in total. The summed E-state index contributed by atoms with van der Waals surface area (Å²) >= 11 is 0. The van der Waals surface area contributed by atoms with Gasteiger partial charge in [0.1, 0.15) is 6.61 Å². The molecule has 1 aliphatic carbocycles. The summed E-state index contributed by atoms with van der Waals surface area (Å²) < 4.78 is 5.56. The van der Waals surface area contributed by atoms with Gasteiger partial charge in [-0.25, -0.2) is 4.79 Å². The Balaban J connectivity index is 1.58. The highest BCUT2D eigenvalue weighted by molar-refractivity contribution is 5.69. The van der Waals surface area contributed by atoms with E-state index in [-0.39, 0.29) is 18.7 Å². The van der Waals surface area contributed by atoms with Crippen LogP contribution in [0.2, 0.25) is 0 Å². The minimum Gasteiger partial charge on any atom is -0.445 e. The summed E-state index contributed by atoms with van der Waals surface area (Å²) in [5.41, 5.74) is 1.02. The first kappa shape index (κ1) is 16.3. The molecular formula is C18H26N2O3. The first-order valence-electron chi connectivity index (χ1n) is 8.60. The third-order valence-electron chi connectivity index (χ3n) is 4.65. The van der Waals surface area contributed by atoms with E-state index >= 15 is 0 Å². The summed E-state index contributed by atoms with van der Waals surface area (Å²) in [7, 11) is 0. The molecule has 5 nitrogen and oxygen atoms in total. The molecule has 0 radical (unpaired) electrons. The summed E-state index contributed by atoms with van der Waals surface area (Å²) in [5.74, 6) is 0.